The fraction of sp³-hybridized carbons (Fsp3) is 0.400. The highest BCUT2D eigenvalue weighted by molar-refractivity contribution is 7.15. The first-order valence-corrected chi connectivity index (χ1v) is 11.9. The predicted molar refractivity (Wildman–Crippen MR) is 131 cm³/mol. The molecule has 1 saturated heterocycles. The van der Waals surface area contributed by atoms with Crippen molar-refractivity contribution in [3.05, 3.63) is 52.8 Å². The number of aliphatic hydroxyl groups is 1. The number of pyridine rings is 2. The molecule has 1 fully saturated rings. The zero-order valence-electron chi connectivity index (χ0n) is 19.5. The van der Waals surface area contributed by atoms with Crippen molar-refractivity contribution in [1.82, 2.24) is 19.9 Å². The third-order valence-electron chi connectivity index (χ3n) is 5.57. The molecule has 0 radical (unpaired) electrons. The lowest BCUT2D eigenvalue weighted by Gasteiger charge is -2.27. The molecule has 0 aliphatic carbocycles. The standard InChI is InChI=1S/C25H28FN5O2S/c1-25(2,32)7-4-19-10-18(20(26)13-28-19)15-33-21-11-17(12-29-23(21)27)22-14-30-24(34-22)16-5-8-31(3)9-6-16/h10-14,16,32H,5-6,8-9,15H2,1-3H3,(H2,27,29). The number of hydrogen-bond acceptors (Lipinski definition) is 8. The second-order valence-corrected chi connectivity index (χ2v) is 10.1. The lowest BCUT2D eigenvalue weighted by atomic mass is 9.98. The highest BCUT2D eigenvalue weighted by Gasteiger charge is 2.21. The van der Waals surface area contributed by atoms with Crippen molar-refractivity contribution in [2.75, 3.05) is 25.9 Å². The van der Waals surface area contributed by atoms with Crippen LogP contribution in [0.25, 0.3) is 10.4 Å². The molecule has 0 aromatic carbocycles. The van der Waals surface area contributed by atoms with Crippen LogP contribution in [0.3, 0.4) is 0 Å². The molecule has 7 nitrogen and oxygen atoms in total. The van der Waals surface area contributed by atoms with E-state index in [9.17, 15) is 9.50 Å². The van der Waals surface area contributed by atoms with E-state index in [-0.39, 0.29) is 18.0 Å². The van der Waals surface area contributed by atoms with Gasteiger partial charge in [0, 0.05) is 29.4 Å². The lowest BCUT2D eigenvalue weighted by molar-refractivity contribution is 0.143. The molecule has 3 N–H and O–H groups in total. The van der Waals surface area contributed by atoms with Crippen LogP contribution in [0.2, 0.25) is 0 Å². The Bertz CT molecular complexity index is 1220. The zero-order valence-corrected chi connectivity index (χ0v) is 20.3. The summed E-state index contributed by atoms with van der Waals surface area (Å²) in [7, 11) is 2.15. The quantitative estimate of drug-likeness (QED) is 0.535. The van der Waals surface area contributed by atoms with Crippen molar-refractivity contribution in [2.45, 2.75) is 44.8 Å². The summed E-state index contributed by atoms with van der Waals surface area (Å²) in [6.07, 6.45) is 6.87. The fourth-order valence-electron chi connectivity index (χ4n) is 3.60. The highest BCUT2D eigenvalue weighted by Crippen LogP contribution is 2.36. The first-order valence-electron chi connectivity index (χ1n) is 11.1. The number of thiazole rings is 1. The van der Waals surface area contributed by atoms with E-state index in [4.69, 9.17) is 10.5 Å². The highest BCUT2D eigenvalue weighted by atomic mass is 32.1. The smallest absolute Gasteiger partial charge is 0.166 e. The number of anilines is 1. The van der Waals surface area contributed by atoms with Crippen LogP contribution in [0.15, 0.2) is 30.7 Å². The molecule has 3 aromatic heterocycles. The molecule has 178 valence electrons. The van der Waals surface area contributed by atoms with E-state index in [1.54, 1.807) is 31.4 Å². The minimum atomic E-state index is -1.17. The number of ether oxygens (including phenoxy) is 1. The summed E-state index contributed by atoms with van der Waals surface area (Å²) in [5, 5.41) is 10.9. The first kappa shape index (κ1) is 24.1. The Labute approximate surface area is 202 Å². The topological polar surface area (TPSA) is 97.4 Å². The van der Waals surface area contributed by atoms with E-state index in [0.29, 0.717) is 17.4 Å². The van der Waals surface area contributed by atoms with Gasteiger partial charge in [0.05, 0.1) is 16.1 Å². The Morgan fingerprint density at radius 2 is 1.97 bits per heavy atom. The number of halogens is 1. The van der Waals surface area contributed by atoms with E-state index in [1.165, 1.54) is 6.07 Å². The number of nitrogens with zero attached hydrogens (tertiary/aromatic N) is 4. The number of aromatic nitrogens is 3. The number of nitrogens with two attached hydrogens (primary N) is 1. The summed E-state index contributed by atoms with van der Waals surface area (Å²) in [5.41, 5.74) is 6.33. The zero-order chi connectivity index (χ0) is 24.3. The van der Waals surface area contributed by atoms with E-state index in [1.807, 2.05) is 12.3 Å². The summed E-state index contributed by atoms with van der Waals surface area (Å²) in [6.45, 7) is 5.23. The van der Waals surface area contributed by atoms with Crippen LogP contribution in [0.4, 0.5) is 10.2 Å². The normalized spacial score (nSPS) is 15.1. The second-order valence-electron chi connectivity index (χ2n) is 9.01. The third kappa shape index (κ3) is 6.08. The fourth-order valence-corrected chi connectivity index (χ4v) is 4.67. The molecule has 1 aliphatic heterocycles. The number of rotatable bonds is 5. The Morgan fingerprint density at radius 1 is 1.21 bits per heavy atom. The molecular weight excluding hydrogens is 453 g/mol. The lowest BCUT2D eigenvalue weighted by Crippen LogP contribution is -2.29. The van der Waals surface area contributed by atoms with E-state index in [2.05, 4.69) is 38.7 Å². The van der Waals surface area contributed by atoms with Crippen LogP contribution in [-0.4, -0.2) is 50.7 Å². The van der Waals surface area contributed by atoms with Crippen LogP contribution in [0.1, 0.15) is 48.9 Å². The van der Waals surface area contributed by atoms with E-state index < -0.39 is 11.4 Å². The molecule has 0 unspecified atom stereocenters. The summed E-state index contributed by atoms with van der Waals surface area (Å²) in [6, 6.07) is 3.31. The van der Waals surface area contributed by atoms with Crippen molar-refractivity contribution >= 4 is 17.2 Å². The van der Waals surface area contributed by atoms with Gasteiger partial charge in [-0.15, -0.1) is 11.3 Å². The number of hydrogen-bond donors (Lipinski definition) is 2. The SMILES string of the molecule is CN1CCC(c2ncc(-c3cnc(N)c(OCc4cc(C#CC(C)(C)O)ncc4F)c3)s2)CC1. The average molecular weight is 482 g/mol. The Balaban J connectivity index is 1.49. The average Bonchev–Trinajstić information content (AvgIpc) is 3.29. The number of piperidine rings is 1. The minimum Gasteiger partial charge on any atom is -0.485 e. The Morgan fingerprint density at radius 3 is 2.71 bits per heavy atom. The largest absolute Gasteiger partial charge is 0.485 e. The van der Waals surface area contributed by atoms with Crippen LogP contribution >= 0.6 is 11.3 Å². The van der Waals surface area contributed by atoms with Crippen LogP contribution in [0, 0.1) is 17.7 Å². The molecule has 0 amide bonds. The summed E-state index contributed by atoms with van der Waals surface area (Å²) in [4.78, 5) is 16.2. The van der Waals surface area contributed by atoms with Gasteiger partial charge in [-0.3, -0.25) is 0 Å². The van der Waals surface area contributed by atoms with Crippen LogP contribution < -0.4 is 10.5 Å². The second kappa shape index (κ2) is 10.1. The summed E-state index contributed by atoms with van der Waals surface area (Å²) >= 11 is 1.66. The van der Waals surface area contributed by atoms with Crippen molar-refractivity contribution < 1.29 is 14.2 Å². The molecule has 4 heterocycles. The third-order valence-corrected chi connectivity index (χ3v) is 6.78. The van der Waals surface area contributed by atoms with Gasteiger partial charge in [-0.1, -0.05) is 5.92 Å². The molecule has 4 rings (SSSR count). The minimum absolute atomic E-state index is 0.0651. The molecule has 0 bridgehead atoms. The molecule has 1 aliphatic rings. The Hall–Kier alpha value is -3.06. The molecule has 9 heteroatoms. The van der Waals surface area contributed by atoms with E-state index >= 15 is 0 Å². The number of likely N-dealkylation sites (tertiary alicyclic amines) is 1. The van der Waals surface area contributed by atoms with Gasteiger partial charge in [-0.25, -0.2) is 19.3 Å². The summed E-state index contributed by atoms with van der Waals surface area (Å²) < 4.78 is 20.1. The van der Waals surface area contributed by atoms with Gasteiger partial charge in [-0.05, 0) is 64.9 Å². The van der Waals surface area contributed by atoms with Crippen LogP contribution in [0.5, 0.6) is 5.75 Å². The van der Waals surface area contributed by atoms with Gasteiger partial charge in [0.1, 0.15) is 23.7 Å². The van der Waals surface area contributed by atoms with Gasteiger partial charge >= 0.3 is 0 Å². The molecule has 0 saturated carbocycles. The maximum absolute atomic E-state index is 14.3. The van der Waals surface area contributed by atoms with Gasteiger partial charge < -0.3 is 20.5 Å². The van der Waals surface area contributed by atoms with Gasteiger partial charge in [0.25, 0.3) is 0 Å². The maximum Gasteiger partial charge on any atom is 0.166 e. The van der Waals surface area contributed by atoms with Gasteiger partial charge in [-0.2, -0.15) is 0 Å². The van der Waals surface area contributed by atoms with Crippen LogP contribution in [-0.2, 0) is 6.61 Å². The van der Waals surface area contributed by atoms with Crippen molar-refractivity contribution in [3.8, 4) is 28.0 Å². The van der Waals surface area contributed by atoms with E-state index in [0.717, 1.165) is 47.6 Å². The van der Waals surface area contributed by atoms with Gasteiger partial charge in [0.2, 0.25) is 0 Å². The van der Waals surface area contributed by atoms with Crippen molar-refractivity contribution in [3.63, 3.8) is 0 Å². The first-order chi connectivity index (χ1) is 16.2. The van der Waals surface area contributed by atoms with Crippen molar-refractivity contribution in [2.24, 2.45) is 0 Å². The van der Waals surface area contributed by atoms with Gasteiger partial charge in [0.15, 0.2) is 11.6 Å². The Kier molecular flexibility index (Phi) is 7.12. The monoisotopic (exact) mass is 481 g/mol. The molecular formula is C25H28FN5O2S. The molecule has 0 atom stereocenters. The summed E-state index contributed by atoms with van der Waals surface area (Å²) in [5.74, 6) is 5.97. The number of nitrogen functional groups attached to an aromatic ring is 1. The van der Waals surface area contributed by atoms with Crippen molar-refractivity contribution in [1.29, 1.82) is 0 Å². The molecule has 34 heavy (non-hydrogen) atoms. The molecule has 3 aromatic rings. The predicted octanol–water partition coefficient (Wildman–Crippen LogP) is 3.83. The maximum atomic E-state index is 14.3. The molecule has 0 spiro atoms.